The molecule has 164 valence electrons. The highest BCUT2D eigenvalue weighted by Crippen LogP contribution is 2.25. The molecule has 0 spiro atoms. The molecule has 9 nitrogen and oxygen atoms in total. The Balaban J connectivity index is 1.41. The highest BCUT2D eigenvalue weighted by Gasteiger charge is 2.36. The lowest BCUT2D eigenvalue weighted by atomic mass is 9.90. The minimum absolute atomic E-state index is 0.0796. The first-order valence-corrected chi connectivity index (χ1v) is 10.4. The highest BCUT2D eigenvalue weighted by molar-refractivity contribution is 5.81. The monoisotopic (exact) mass is 425 g/mol. The van der Waals surface area contributed by atoms with Gasteiger partial charge in [0.05, 0.1) is 18.3 Å². The number of methoxy groups -OCH3 is 1. The molecule has 0 radical (unpaired) electrons. The van der Waals surface area contributed by atoms with Crippen molar-refractivity contribution in [2.45, 2.75) is 37.5 Å². The van der Waals surface area contributed by atoms with Crippen LogP contribution in [0.1, 0.15) is 18.4 Å². The molecule has 0 bridgehead atoms. The Labute approximate surface area is 179 Å². The second-order valence-corrected chi connectivity index (χ2v) is 8.15. The van der Waals surface area contributed by atoms with Crippen LogP contribution in [-0.2, 0) is 29.5 Å². The third-order valence-electron chi connectivity index (χ3n) is 6.01. The third-order valence-corrected chi connectivity index (χ3v) is 6.01. The van der Waals surface area contributed by atoms with Gasteiger partial charge in [0.15, 0.2) is 5.65 Å². The quantitative estimate of drug-likeness (QED) is 0.625. The van der Waals surface area contributed by atoms with Gasteiger partial charge >= 0.3 is 0 Å². The van der Waals surface area contributed by atoms with E-state index in [4.69, 9.17) is 4.74 Å². The number of piperidine rings is 1. The summed E-state index contributed by atoms with van der Waals surface area (Å²) in [5.41, 5.74) is 0.235. The second kappa shape index (κ2) is 8.60. The van der Waals surface area contributed by atoms with E-state index in [0.29, 0.717) is 43.4 Å². The number of hydrogen-bond donors (Lipinski definition) is 1. The molecule has 31 heavy (non-hydrogen) atoms. The van der Waals surface area contributed by atoms with Gasteiger partial charge in [-0.2, -0.15) is 5.10 Å². The lowest BCUT2D eigenvalue weighted by Gasteiger charge is -2.39. The average Bonchev–Trinajstić information content (AvgIpc) is 3.16. The van der Waals surface area contributed by atoms with E-state index in [1.807, 2.05) is 30.3 Å². The normalized spacial score (nSPS) is 17.1. The van der Waals surface area contributed by atoms with Gasteiger partial charge in [0.25, 0.3) is 11.5 Å². The fraction of sp³-hybridized carbons (Fsp3) is 0.455. The summed E-state index contributed by atoms with van der Waals surface area (Å²) in [6, 6.07) is 9.75. The summed E-state index contributed by atoms with van der Waals surface area (Å²) in [6.07, 6.45) is 3.62. The summed E-state index contributed by atoms with van der Waals surface area (Å²) >= 11 is 0. The molecule has 0 aliphatic carbocycles. The summed E-state index contributed by atoms with van der Waals surface area (Å²) in [7, 11) is 3.27. The van der Waals surface area contributed by atoms with Crippen molar-refractivity contribution in [1.82, 2.24) is 24.2 Å². The van der Waals surface area contributed by atoms with Crippen LogP contribution in [0.15, 0.2) is 47.7 Å². The summed E-state index contributed by atoms with van der Waals surface area (Å²) in [5.74, 6) is -0.0796. The van der Waals surface area contributed by atoms with E-state index in [-0.39, 0.29) is 18.0 Å². The first kappa shape index (κ1) is 21.2. The highest BCUT2D eigenvalue weighted by atomic mass is 16.5. The van der Waals surface area contributed by atoms with E-state index in [1.54, 1.807) is 23.7 Å². The number of benzene rings is 1. The maximum atomic E-state index is 13.0. The minimum atomic E-state index is -1.08. The number of carbonyl (C=O) groups excluding carboxylic acids is 1. The van der Waals surface area contributed by atoms with E-state index in [0.717, 1.165) is 5.56 Å². The number of hydrogen-bond acceptors (Lipinski definition) is 6. The molecule has 3 aromatic rings. The number of aromatic nitrogens is 4. The number of fused-ring (bicyclic) bond motifs is 1. The molecule has 1 aliphatic heterocycles. The zero-order valence-electron chi connectivity index (χ0n) is 17.8. The number of likely N-dealkylation sites (tertiary alicyclic amines) is 1. The Morgan fingerprint density at radius 3 is 2.65 bits per heavy atom. The van der Waals surface area contributed by atoms with E-state index >= 15 is 0 Å². The molecule has 1 atom stereocenters. The smallest absolute Gasteiger partial charge is 0.264 e. The minimum Gasteiger partial charge on any atom is -0.388 e. The number of nitrogens with zero attached hydrogens (tertiary/aromatic N) is 5. The Bertz CT molecular complexity index is 1120. The number of rotatable bonds is 6. The van der Waals surface area contributed by atoms with E-state index < -0.39 is 11.7 Å². The fourth-order valence-electron chi connectivity index (χ4n) is 4.10. The number of ether oxygens (including phenoxy) is 1. The molecule has 0 saturated carbocycles. The summed E-state index contributed by atoms with van der Waals surface area (Å²) in [6.45, 7) is 0.937. The molecule has 1 aromatic carbocycles. The van der Waals surface area contributed by atoms with Gasteiger partial charge in [-0.05, 0) is 18.4 Å². The largest absolute Gasteiger partial charge is 0.388 e. The molecular weight excluding hydrogens is 398 g/mol. The van der Waals surface area contributed by atoms with Gasteiger partial charge in [0, 0.05) is 33.7 Å². The van der Waals surface area contributed by atoms with Crippen LogP contribution in [-0.4, -0.2) is 67.1 Å². The van der Waals surface area contributed by atoms with Crippen molar-refractivity contribution < 1.29 is 14.6 Å². The average molecular weight is 425 g/mol. The second-order valence-electron chi connectivity index (χ2n) is 8.15. The van der Waals surface area contributed by atoms with Gasteiger partial charge in [0.2, 0.25) is 0 Å². The van der Waals surface area contributed by atoms with Crippen molar-refractivity contribution in [3.8, 4) is 0 Å². The van der Waals surface area contributed by atoms with Crippen molar-refractivity contribution in [1.29, 1.82) is 0 Å². The van der Waals surface area contributed by atoms with Crippen molar-refractivity contribution >= 4 is 16.9 Å². The van der Waals surface area contributed by atoms with Crippen LogP contribution in [0.3, 0.4) is 0 Å². The van der Waals surface area contributed by atoms with Gasteiger partial charge < -0.3 is 14.7 Å². The SMILES string of the molecule is COC(Cc1ccccc1)C(=O)N1CCC(O)(Cn2cnc3c(cnn3C)c2=O)CC1. The van der Waals surface area contributed by atoms with Crippen LogP contribution in [0.25, 0.3) is 11.0 Å². The lowest BCUT2D eigenvalue weighted by Crippen LogP contribution is -2.52. The predicted octanol–water partition coefficient (Wildman–Crippen LogP) is 0.741. The number of aryl methyl sites for hydroxylation is 1. The molecular formula is C22H27N5O4. The van der Waals surface area contributed by atoms with Crippen LogP contribution in [0.4, 0.5) is 0 Å². The molecule has 1 fully saturated rings. The Hall–Kier alpha value is -3.04. The maximum absolute atomic E-state index is 13.0. The van der Waals surface area contributed by atoms with Gasteiger partial charge in [-0.15, -0.1) is 0 Å². The van der Waals surface area contributed by atoms with Gasteiger partial charge in [-0.3, -0.25) is 18.8 Å². The van der Waals surface area contributed by atoms with Gasteiger partial charge in [-0.1, -0.05) is 30.3 Å². The molecule has 3 heterocycles. The van der Waals surface area contributed by atoms with Crippen LogP contribution < -0.4 is 5.56 Å². The summed E-state index contributed by atoms with van der Waals surface area (Å²) in [4.78, 5) is 31.7. The van der Waals surface area contributed by atoms with Gasteiger partial charge in [-0.25, -0.2) is 4.98 Å². The summed E-state index contributed by atoms with van der Waals surface area (Å²) < 4.78 is 8.43. The zero-order valence-corrected chi connectivity index (χ0v) is 17.8. The first-order chi connectivity index (χ1) is 14.9. The standard InChI is InChI=1S/C22H27N5O4/c1-25-19-17(13-24-25)20(28)27(15-23-19)14-22(30)8-10-26(11-9-22)21(29)18(31-2)12-16-6-4-3-5-7-16/h3-7,13,15,18,30H,8-12,14H2,1-2H3. The van der Waals surface area contributed by atoms with Crippen molar-refractivity contribution in [2.75, 3.05) is 20.2 Å². The predicted molar refractivity (Wildman–Crippen MR) is 114 cm³/mol. The molecule has 1 N–H and O–H groups in total. The van der Waals surface area contributed by atoms with Crippen molar-refractivity contribution in [3.05, 3.63) is 58.8 Å². The van der Waals surface area contributed by atoms with Crippen molar-refractivity contribution in [3.63, 3.8) is 0 Å². The number of amides is 1. The van der Waals surface area contributed by atoms with Crippen molar-refractivity contribution in [2.24, 2.45) is 7.05 Å². The molecule has 4 rings (SSSR count). The van der Waals surface area contributed by atoms with Crippen LogP contribution in [0, 0.1) is 0 Å². The Morgan fingerprint density at radius 1 is 1.26 bits per heavy atom. The van der Waals surface area contributed by atoms with Gasteiger partial charge in [0.1, 0.15) is 17.8 Å². The van der Waals surface area contributed by atoms with Crippen LogP contribution in [0.2, 0.25) is 0 Å². The number of aliphatic hydroxyl groups is 1. The molecule has 1 aliphatic rings. The molecule has 1 amide bonds. The molecule has 2 aromatic heterocycles. The topological polar surface area (TPSA) is 102 Å². The number of carbonyl (C=O) groups is 1. The Morgan fingerprint density at radius 2 is 1.97 bits per heavy atom. The zero-order chi connectivity index (χ0) is 22.0. The van der Waals surface area contributed by atoms with Crippen LogP contribution >= 0.6 is 0 Å². The maximum Gasteiger partial charge on any atom is 0.264 e. The summed E-state index contributed by atoms with van der Waals surface area (Å²) in [5, 5.41) is 15.6. The molecule has 9 heteroatoms. The molecule has 1 saturated heterocycles. The van der Waals surface area contributed by atoms with E-state index in [2.05, 4.69) is 10.1 Å². The molecule has 1 unspecified atom stereocenters. The third kappa shape index (κ3) is 4.38. The lowest BCUT2D eigenvalue weighted by molar-refractivity contribution is -0.146. The van der Waals surface area contributed by atoms with Crippen LogP contribution in [0.5, 0.6) is 0 Å². The Kier molecular flexibility index (Phi) is 5.88. The van der Waals surface area contributed by atoms with E-state index in [1.165, 1.54) is 17.1 Å². The first-order valence-electron chi connectivity index (χ1n) is 10.4. The fourth-order valence-corrected chi connectivity index (χ4v) is 4.10. The van der Waals surface area contributed by atoms with E-state index in [9.17, 15) is 14.7 Å².